The van der Waals surface area contributed by atoms with Gasteiger partial charge in [-0.05, 0) is 31.1 Å². The average Bonchev–Trinajstić information content (AvgIpc) is 2.30. The number of rotatable bonds is 7. The highest BCUT2D eigenvalue weighted by Gasteiger charge is 2.24. The zero-order chi connectivity index (χ0) is 13.8. The van der Waals surface area contributed by atoms with Crippen molar-refractivity contribution < 1.29 is 19.8 Å². The van der Waals surface area contributed by atoms with Crippen LogP contribution in [-0.2, 0) is 9.59 Å². The average molecular weight is 250 g/mol. The fraction of sp³-hybridized carbons (Fsp3) is 0.571. The molecule has 0 saturated carbocycles. The molecule has 0 aromatic carbocycles. The maximum absolute atomic E-state index is 10.6. The molecule has 4 nitrogen and oxygen atoms in total. The second-order valence-electron chi connectivity index (χ2n) is 3.83. The summed E-state index contributed by atoms with van der Waals surface area (Å²) >= 11 is 0. The van der Waals surface area contributed by atoms with Crippen molar-refractivity contribution in [3.8, 4) is 23.7 Å². The SMILES string of the molecule is CCCCC#CC#CCCCC(C(=O)O)C(=O)O. The Bertz CT molecular complexity index is 375. The molecular weight excluding hydrogens is 232 g/mol. The molecule has 0 fully saturated rings. The third kappa shape index (κ3) is 8.24. The highest BCUT2D eigenvalue weighted by Crippen LogP contribution is 2.08. The van der Waals surface area contributed by atoms with Gasteiger partial charge in [0.15, 0.2) is 5.92 Å². The topological polar surface area (TPSA) is 74.6 Å². The molecule has 0 aromatic heterocycles. The van der Waals surface area contributed by atoms with Gasteiger partial charge in [-0.1, -0.05) is 25.2 Å². The molecule has 0 radical (unpaired) electrons. The standard InChI is InChI=1S/C14H18O4/c1-2-3-4-5-6-7-8-9-10-11-12(13(15)16)14(17)18/h12H,2-4,9-11H2,1H3,(H,15,16)(H,17,18). The first-order chi connectivity index (χ1) is 8.59. The van der Waals surface area contributed by atoms with Gasteiger partial charge in [-0.25, -0.2) is 0 Å². The van der Waals surface area contributed by atoms with Crippen molar-refractivity contribution in [3.63, 3.8) is 0 Å². The molecule has 0 bridgehead atoms. The van der Waals surface area contributed by atoms with Crippen LogP contribution in [0.2, 0.25) is 0 Å². The predicted octanol–water partition coefficient (Wildman–Crippen LogP) is 2.14. The Morgan fingerprint density at radius 1 is 1.00 bits per heavy atom. The van der Waals surface area contributed by atoms with E-state index in [1.807, 2.05) is 0 Å². The number of aliphatic carboxylic acids is 2. The van der Waals surface area contributed by atoms with Crippen LogP contribution in [0.5, 0.6) is 0 Å². The first kappa shape index (κ1) is 16.1. The molecule has 18 heavy (non-hydrogen) atoms. The van der Waals surface area contributed by atoms with Crippen molar-refractivity contribution in [1.29, 1.82) is 0 Å². The molecule has 0 amide bonds. The number of hydrogen-bond acceptors (Lipinski definition) is 2. The molecule has 0 atom stereocenters. The van der Waals surface area contributed by atoms with Gasteiger partial charge in [-0.3, -0.25) is 9.59 Å². The largest absolute Gasteiger partial charge is 0.481 e. The van der Waals surface area contributed by atoms with Gasteiger partial charge in [0, 0.05) is 12.8 Å². The monoisotopic (exact) mass is 250 g/mol. The van der Waals surface area contributed by atoms with Crippen molar-refractivity contribution in [2.75, 3.05) is 0 Å². The van der Waals surface area contributed by atoms with E-state index in [1.165, 1.54) is 0 Å². The molecule has 0 aliphatic heterocycles. The third-order valence-corrected chi connectivity index (χ3v) is 2.29. The molecule has 0 rings (SSSR count). The van der Waals surface area contributed by atoms with Gasteiger partial charge in [-0.15, -0.1) is 0 Å². The number of carboxylic acid groups (broad SMARTS) is 2. The number of carboxylic acids is 2. The molecule has 0 aromatic rings. The van der Waals surface area contributed by atoms with E-state index in [9.17, 15) is 9.59 Å². The maximum Gasteiger partial charge on any atom is 0.317 e. The van der Waals surface area contributed by atoms with E-state index in [-0.39, 0.29) is 6.42 Å². The summed E-state index contributed by atoms with van der Waals surface area (Å²) in [4.78, 5) is 21.1. The lowest BCUT2D eigenvalue weighted by Crippen LogP contribution is -2.23. The molecule has 4 heteroatoms. The molecule has 0 spiro atoms. The van der Waals surface area contributed by atoms with E-state index < -0.39 is 17.9 Å². The highest BCUT2D eigenvalue weighted by molar-refractivity contribution is 5.92. The van der Waals surface area contributed by atoms with Crippen molar-refractivity contribution >= 4 is 11.9 Å². The molecule has 2 N–H and O–H groups in total. The second kappa shape index (κ2) is 10.2. The fourth-order valence-corrected chi connectivity index (χ4v) is 1.23. The molecule has 0 aliphatic carbocycles. The highest BCUT2D eigenvalue weighted by atomic mass is 16.4. The van der Waals surface area contributed by atoms with Crippen LogP contribution in [0.3, 0.4) is 0 Å². The zero-order valence-corrected chi connectivity index (χ0v) is 10.5. The summed E-state index contributed by atoms with van der Waals surface area (Å²) < 4.78 is 0. The summed E-state index contributed by atoms with van der Waals surface area (Å²) in [6.07, 6.45) is 4.03. The minimum Gasteiger partial charge on any atom is -0.481 e. The van der Waals surface area contributed by atoms with Crippen LogP contribution in [0.4, 0.5) is 0 Å². The lowest BCUT2D eigenvalue weighted by molar-refractivity contribution is -0.154. The van der Waals surface area contributed by atoms with Crippen LogP contribution in [-0.4, -0.2) is 22.2 Å². The van der Waals surface area contributed by atoms with Gasteiger partial charge in [0.1, 0.15) is 0 Å². The molecule has 0 saturated heterocycles. The van der Waals surface area contributed by atoms with Crippen LogP contribution in [0.1, 0.15) is 45.4 Å². The van der Waals surface area contributed by atoms with Crippen molar-refractivity contribution in [2.24, 2.45) is 5.92 Å². The number of hydrogen-bond donors (Lipinski definition) is 2. The van der Waals surface area contributed by atoms with E-state index in [1.54, 1.807) is 0 Å². The second-order valence-corrected chi connectivity index (χ2v) is 3.83. The van der Waals surface area contributed by atoms with E-state index in [0.717, 1.165) is 19.3 Å². The van der Waals surface area contributed by atoms with E-state index >= 15 is 0 Å². The van der Waals surface area contributed by atoms with Crippen LogP contribution in [0.25, 0.3) is 0 Å². The Morgan fingerprint density at radius 3 is 1.94 bits per heavy atom. The lowest BCUT2D eigenvalue weighted by atomic mass is 10.0. The van der Waals surface area contributed by atoms with Gasteiger partial charge < -0.3 is 10.2 Å². The minimum atomic E-state index is -1.33. The molecule has 0 unspecified atom stereocenters. The zero-order valence-electron chi connectivity index (χ0n) is 10.5. The lowest BCUT2D eigenvalue weighted by Gasteiger charge is -2.04. The maximum atomic E-state index is 10.6. The summed E-state index contributed by atoms with van der Waals surface area (Å²) in [6.45, 7) is 2.09. The van der Waals surface area contributed by atoms with Crippen molar-refractivity contribution in [1.82, 2.24) is 0 Å². The first-order valence-corrected chi connectivity index (χ1v) is 6.01. The first-order valence-electron chi connectivity index (χ1n) is 6.01. The van der Waals surface area contributed by atoms with Gasteiger partial charge in [0.05, 0.1) is 0 Å². The fourth-order valence-electron chi connectivity index (χ4n) is 1.23. The van der Waals surface area contributed by atoms with Crippen LogP contribution >= 0.6 is 0 Å². The molecule has 98 valence electrons. The Morgan fingerprint density at radius 2 is 1.50 bits per heavy atom. The van der Waals surface area contributed by atoms with Gasteiger partial charge in [0.25, 0.3) is 0 Å². The Kier molecular flexibility index (Phi) is 9.13. The normalized spacial score (nSPS) is 9.00. The van der Waals surface area contributed by atoms with Gasteiger partial charge >= 0.3 is 11.9 Å². The van der Waals surface area contributed by atoms with Gasteiger partial charge in [-0.2, -0.15) is 0 Å². The Labute approximate surface area is 107 Å². The summed E-state index contributed by atoms with van der Waals surface area (Å²) in [7, 11) is 0. The molecular formula is C14H18O4. The third-order valence-electron chi connectivity index (χ3n) is 2.29. The van der Waals surface area contributed by atoms with E-state index in [4.69, 9.17) is 10.2 Å². The Balaban J connectivity index is 3.84. The quantitative estimate of drug-likeness (QED) is 0.412. The van der Waals surface area contributed by atoms with E-state index in [0.29, 0.717) is 12.8 Å². The van der Waals surface area contributed by atoms with Gasteiger partial charge in [0.2, 0.25) is 0 Å². The van der Waals surface area contributed by atoms with Crippen molar-refractivity contribution in [3.05, 3.63) is 0 Å². The van der Waals surface area contributed by atoms with Crippen molar-refractivity contribution in [2.45, 2.75) is 45.4 Å². The minimum absolute atomic E-state index is 0.0998. The summed E-state index contributed by atoms with van der Waals surface area (Å²) in [5, 5.41) is 17.3. The van der Waals surface area contributed by atoms with E-state index in [2.05, 4.69) is 30.6 Å². The number of carbonyl (C=O) groups is 2. The van der Waals surface area contributed by atoms with Crippen LogP contribution in [0.15, 0.2) is 0 Å². The number of unbranched alkanes of at least 4 members (excludes halogenated alkanes) is 3. The summed E-state index contributed by atoms with van der Waals surface area (Å²) in [6, 6.07) is 0. The smallest absolute Gasteiger partial charge is 0.317 e. The van der Waals surface area contributed by atoms with Crippen LogP contribution < -0.4 is 0 Å². The predicted molar refractivity (Wildman–Crippen MR) is 67.7 cm³/mol. The summed E-state index contributed by atoms with van der Waals surface area (Å²) in [5.74, 6) is 7.15. The summed E-state index contributed by atoms with van der Waals surface area (Å²) in [5.41, 5.74) is 0. The van der Waals surface area contributed by atoms with Crippen LogP contribution in [0, 0.1) is 29.6 Å². The molecule has 0 aliphatic rings. The Hall–Kier alpha value is -1.94. The molecule has 0 heterocycles.